The van der Waals surface area contributed by atoms with Crippen LogP contribution in [0.5, 0.6) is 5.75 Å². The van der Waals surface area contributed by atoms with Gasteiger partial charge in [-0.2, -0.15) is 0 Å². The first kappa shape index (κ1) is 13.0. The third-order valence-electron chi connectivity index (χ3n) is 2.60. The summed E-state index contributed by atoms with van der Waals surface area (Å²) in [5.74, 6) is 0.719. The van der Waals surface area contributed by atoms with E-state index in [4.69, 9.17) is 16.3 Å². The number of benzene rings is 1. The molecule has 16 heavy (non-hydrogen) atoms. The summed E-state index contributed by atoms with van der Waals surface area (Å²) in [7, 11) is 0. The molecule has 0 spiro atoms. The normalized spacial score (nSPS) is 11.4. The highest BCUT2D eigenvalue weighted by Crippen LogP contribution is 2.27. The molecule has 88 valence electrons. The van der Waals surface area contributed by atoms with E-state index in [-0.39, 0.29) is 0 Å². The molecule has 0 saturated heterocycles. The van der Waals surface area contributed by atoms with Gasteiger partial charge < -0.3 is 4.74 Å². The summed E-state index contributed by atoms with van der Waals surface area (Å²) < 4.78 is 5.67. The van der Waals surface area contributed by atoms with E-state index >= 15 is 0 Å². The van der Waals surface area contributed by atoms with Crippen molar-refractivity contribution >= 4 is 16.8 Å². The monoisotopic (exact) mass is 240 g/mol. The Morgan fingerprint density at radius 1 is 1.25 bits per heavy atom. The number of carbonyl (C=O) groups is 1. The third kappa shape index (κ3) is 2.76. The fourth-order valence-corrected chi connectivity index (χ4v) is 1.46. The van der Waals surface area contributed by atoms with Crippen LogP contribution in [-0.4, -0.2) is 10.8 Å². The molecular formula is C13H17ClO2. The quantitative estimate of drug-likeness (QED) is 0.756. The molecule has 0 saturated carbocycles. The first-order chi connectivity index (χ1) is 7.24. The van der Waals surface area contributed by atoms with Gasteiger partial charge in [0.2, 0.25) is 0 Å². The van der Waals surface area contributed by atoms with Crippen molar-refractivity contribution in [3.8, 4) is 5.75 Å². The lowest BCUT2D eigenvalue weighted by Crippen LogP contribution is -2.35. The molecule has 0 aliphatic rings. The van der Waals surface area contributed by atoms with Gasteiger partial charge in [0.1, 0.15) is 5.75 Å². The first-order valence-electron chi connectivity index (χ1n) is 5.21. The van der Waals surface area contributed by atoms with Crippen molar-refractivity contribution < 1.29 is 9.53 Å². The smallest absolute Gasteiger partial charge is 0.264 e. The molecule has 0 aliphatic heterocycles. The van der Waals surface area contributed by atoms with Crippen molar-refractivity contribution in [1.29, 1.82) is 0 Å². The average molecular weight is 241 g/mol. The number of hydrogen-bond donors (Lipinski definition) is 0. The minimum atomic E-state index is -0.994. The van der Waals surface area contributed by atoms with Crippen LogP contribution in [0.15, 0.2) is 12.1 Å². The van der Waals surface area contributed by atoms with Crippen molar-refractivity contribution in [2.24, 2.45) is 0 Å². The zero-order chi connectivity index (χ0) is 12.5. The molecule has 0 N–H and O–H groups in total. The molecule has 3 heteroatoms. The van der Waals surface area contributed by atoms with Crippen molar-refractivity contribution in [2.75, 3.05) is 0 Å². The van der Waals surface area contributed by atoms with Crippen molar-refractivity contribution in [3.63, 3.8) is 0 Å². The SMILES string of the molecule is Cc1cc(C)c(C)c(OC(C)(C)C(=O)Cl)c1. The predicted octanol–water partition coefficient (Wildman–Crippen LogP) is 3.53. The minimum Gasteiger partial charge on any atom is -0.478 e. The van der Waals surface area contributed by atoms with Gasteiger partial charge in [-0.25, -0.2) is 0 Å². The van der Waals surface area contributed by atoms with E-state index in [1.54, 1.807) is 13.8 Å². The molecule has 1 rings (SSSR count). The first-order valence-corrected chi connectivity index (χ1v) is 5.58. The summed E-state index contributed by atoms with van der Waals surface area (Å²) >= 11 is 5.49. The molecule has 2 nitrogen and oxygen atoms in total. The summed E-state index contributed by atoms with van der Waals surface area (Å²) in [5, 5.41) is -0.494. The number of carbonyl (C=O) groups excluding carboxylic acids is 1. The molecule has 0 amide bonds. The zero-order valence-corrected chi connectivity index (χ0v) is 11.1. The van der Waals surface area contributed by atoms with Crippen LogP contribution in [0.3, 0.4) is 0 Å². The van der Waals surface area contributed by atoms with Crippen LogP contribution in [-0.2, 0) is 4.79 Å². The maximum absolute atomic E-state index is 11.2. The van der Waals surface area contributed by atoms with E-state index in [1.807, 2.05) is 26.8 Å². The number of rotatable bonds is 3. The van der Waals surface area contributed by atoms with Crippen LogP contribution in [0.1, 0.15) is 30.5 Å². The Balaban J connectivity index is 3.11. The van der Waals surface area contributed by atoms with E-state index < -0.39 is 10.8 Å². The molecule has 0 fully saturated rings. The van der Waals surface area contributed by atoms with Gasteiger partial charge in [0, 0.05) is 0 Å². The van der Waals surface area contributed by atoms with Gasteiger partial charge >= 0.3 is 0 Å². The van der Waals surface area contributed by atoms with Gasteiger partial charge in [-0.3, -0.25) is 4.79 Å². The second-order valence-electron chi connectivity index (χ2n) is 4.59. The van der Waals surface area contributed by atoms with Gasteiger partial charge in [-0.15, -0.1) is 0 Å². The molecule has 1 aromatic carbocycles. The number of ether oxygens (including phenoxy) is 1. The van der Waals surface area contributed by atoms with E-state index in [0.29, 0.717) is 0 Å². The predicted molar refractivity (Wildman–Crippen MR) is 66.2 cm³/mol. The molecule has 0 aliphatic carbocycles. The van der Waals surface area contributed by atoms with E-state index in [9.17, 15) is 4.79 Å². The van der Waals surface area contributed by atoms with E-state index in [0.717, 1.165) is 22.4 Å². The summed E-state index contributed by atoms with van der Waals surface area (Å²) in [4.78, 5) is 11.2. The molecule has 0 bridgehead atoms. The number of halogens is 1. The van der Waals surface area contributed by atoms with Crippen LogP contribution < -0.4 is 4.74 Å². The van der Waals surface area contributed by atoms with Crippen LogP contribution in [0, 0.1) is 20.8 Å². The summed E-state index contributed by atoms with van der Waals surface area (Å²) in [6.45, 7) is 9.32. The van der Waals surface area contributed by atoms with Crippen LogP contribution in [0.2, 0.25) is 0 Å². The van der Waals surface area contributed by atoms with Crippen LogP contribution >= 0.6 is 11.6 Å². The maximum Gasteiger partial charge on any atom is 0.264 e. The lowest BCUT2D eigenvalue weighted by atomic mass is 10.0. The largest absolute Gasteiger partial charge is 0.478 e. The van der Waals surface area contributed by atoms with Gasteiger partial charge in [0.15, 0.2) is 5.60 Å². The lowest BCUT2D eigenvalue weighted by molar-refractivity contribution is -0.123. The molecular weight excluding hydrogens is 224 g/mol. The second-order valence-corrected chi connectivity index (χ2v) is 4.93. The van der Waals surface area contributed by atoms with Crippen molar-refractivity contribution in [1.82, 2.24) is 0 Å². The Bertz CT molecular complexity index is 422. The van der Waals surface area contributed by atoms with Gasteiger partial charge in [-0.1, -0.05) is 6.07 Å². The van der Waals surface area contributed by atoms with E-state index in [2.05, 4.69) is 6.07 Å². The third-order valence-corrected chi connectivity index (χ3v) is 3.06. The Labute approximate surface area is 102 Å². The van der Waals surface area contributed by atoms with Gasteiger partial charge in [-0.05, 0) is 69.0 Å². The lowest BCUT2D eigenvalue weighted by Gasteiger charge is -2.24. The fourth-order valence-electron chi connectivity index (χ4n) is 1.42. The van der Waals surface area contributed by atoms with Crippen molar-refractivity contribution in [2.45, 2.75) is 40.2 Å². The topological polar surface area (TPSA) is 26.3 Å². The molecule has 0 radical (unpaired) electrons. The second kappa shape index (κ2) is 4.46. The summed E-state index contributed by atoms with van der Waals surface area (Å²) in [5.41, 5.74) is 2.30. The fraction of sp³-hybridized carbons (Fsp3) is 0.462. The number of aryl methyl sites for hydroxylation is 2. The molecule has 1 aromatic rings. The molecule has 0 heterocycles. The van der Waals surface area contributed by atoms with Crippen LogP contribution in [0.4, 0.5) is 0 Å². The zero-order valence-electron chi connectivity index (χ0n) is 10.3. The summed E-state index contributed by atoms with van der Waals surface area (Å²) in [6.07, 6.45) is 0. The highest BCUT2D eigenvalue weighted by atomic mass is 35.5. The standard InChI is InChI=1S/C13H17ClO2/c1-8-6-9(2)10(3)11(7-8)16-13(4,5)12(14)15/h6-7H,1-5H3. The number of hydrogen-bond acceptors (Lipinski definition) is 2. The average Bonchev–Trinajstić information content (AvgIpc) is 2.12. The maximum atomic E-state index is 11.2. The van der Waals surface area contributed by atoms with Crippen molar-refractivity contribution in [3.05, 3.63) is 28.8 Å². The Kier molecular flexibility index (Phi) is 3.64. The highest BCUT2D eigenvalue weighted by Gasteiger charge is 2.28. The molecule has 0 unspecified atom stereocenters. The minimum absolute atomic E-state index is 0.494. The van der Waals surface area contributed by atoms with Crippen LogP contribution in [0.25, 0.3) is 0 Å². The van der Waals surface area contributed by atoms with Gasteiger partial charge in [0.05, 0.1) is 0 Å². The Morgan fingerprint density at radius 3 is 2.31 bits per heavy atom. The Morgan fingerprint density at radius 2 is 1.81 bits per heavy atom. The highest BCUT2D eigenvalue weighted by molar-refractivity contribution is 6.65. The van der Waals surface area contributed by atoms with Gasteiger partial charge in [0.25, 0.3) is 5.24 Å². The molecule has 0 atom stereocenters. The summed E-state index contributed by atoms with van der Waals surface area (Å²) in [6, 6.07) is 4.00. The molecule has 0 aromatic heterocycles. The van der Waals surface area contributed by atoms with E-state index in [1.165, 1.54) is 0 Å². The Hall–Kier alpha value is -1.02.